The number of benzene rings is 1. The third kappa shape index (κ3) is 8.30. The molecule has 2 rings (SSSR count). The third-order valence-corrected chi connectivity index (χ3v) is 16.0. The van der Waals surface area contributed by atoms with Gasteiger partial charge in [0.25, 0.3) is 0 Å². The number of thiophene rings is 1. The van der Waals surface area contributed by atoms with Gasteiger partial charge in [-0.05, 0) is 0 Å². The summed E-state index contributed by atoms with van der Waals surface area (Å²) >= 11 is 0.0971. The summed E-state index contributed by atoms with van der Waals surface area (Å²) in [4.78, 5) is 0. The van der Waals surface area contributed by atoms with Gasteiger partial charge in [0.15, 0.2) is 0 Å². The molecule has 0 aliphatic rings. The molecule has 0 unspecified atom stereocenters. The average molecular weight is 463 g/mol. The van der Waals surface area contributed by atoms with E-state index < -0.39 is 13.3 Å². The van der Waals surface area contributed by atoms with Crippen molar-refractivity contribution in [3.05, 3.63) is 46.8 Å². The first-order valence-corrected chi connectivity index (χ1v) is 18.5. The second kappa shape index (κ2) is 12.7. The zero-order valence-corrected chi connectivity index (χ0v) is 21.2. The van der Waals surface area contributed by atoms with Gasteiger partial charge in [-0.15, -0.1) is 0 Å². The van der Waals surface area contributed by atoms with Crippen LogP contribution < -0.4 is 8.45 Å². The Hall–Kier alpha value is -0.777. The van der Waals surface area contributed by atoms with E-state index in [4.69, 9.17) is 9.47 Å². The van der Waals surface area contributed by atoms with Crippen LogP contribution in [0.1, 0.15) is 50.7 Å². The summed E-state index contributed by atoms with van der Waals surface area (Å²) in [6, 6.07) is 11.2. The van der Waals surface area contributed by atoms with Crippen molar-refractivity contribution in [2.24, 2.45) is 0 Å². The summed E-state index contributed by atoms with van der Waals surface area (Å²) in [6.45, 7) is 6.30. The first-order chi connectivity index (χ1) is 13.5. The molecule has 156 valence electrons. The molecule has 1 aromatic heterocycles. The van der Waals surface area contributed by atoms with Gasteiger partial charge in [0.05, 0.1) is 0 Å². The van der Waals surface area contributed by atoms with Gasteiger partial charge < -0.3 is 0 Å². The van der Waals surface area contributed by atoms with E-state index in [-0.39, 0.29) is 0 Å². The fourth-order valence-corrected chi connectivity index (χ4v) is 10.9. The van der Waals surface area contributed by atoms with Crippen LogP contribution in [0.25, 0.3) is 0 Å². The van der Waals surface area contributed by atoms with Crippen molar-refractivity contribution in [3.8, 4) is 5.75 Å². The van der Waals surface area contributed by atoms with Gasteiger partial charge in [-0.25, -0.2) is 0 Å². The molecule has 0 atom stereocenters. The van der Waals surface area contributed by atoms with E-state index in [0.29, 0.717) is 13.2 Å². The Bertz CT molecular complexity index is 663. The number of hydrogen-bond donors (Lipinski definition) is 0. The standard InChI is InChI=1S/C24H38GeO2S/c1-5-7-8-9-10-22-19-24(28-20-22)25(3,4)16-15-21-11-13-23(14-12-21)27-18-17-26-6-2/h11-14,19-20H,5-10,15-18H2,1-4H3. The second-order valence-corrected chi connectivity index (χ2v) is 20.0. The fraction of sp³-hybridized carbons (Fsp3) is 0.583. The quantitative estimate of drug-likeness (QED) is 0.237. The molecule has 0 N–H and O–H groups in total. The number of aryl methyl sites for hydroxylation is 2. The van der Waals surface area contributed by atoms with Crippen LogP contribution in [0.15, 0.2) is 35.7 Å². The van der Waals surface area contributed by atoms with Crippen LogP contribution in [-0.4, -0.2) is 33.1 Å². The maximum absolute atomic E-state index is 5.72. The molecule has 0 saturated carbocycles. The monoisotopic (exact) mass is 464 g/mol. The van der Waals surface area contributed by atoms with Gasteiger partial charge in [0.1, 0.15) is 0 Å². The Kier molecular flexibility index (Phi) is 10.7. The molecule has 0 bridgehead atoms. The fourth-order valence-electron chi connectivity index (χ4n) is 3.31. The molecule has 1 aromatic carbocycles. The van der Waals surface area contributed by atoms with Crippen molar-refractivity contribution in [2.75, 3.05) is 19.8 Å². The van der Waals surface area contributed by atoms with Gasteiger partial charge in [0, 0.05) is 0 Å². The molecule has 0 radical (unpaired) electrons. The van der Waals surface area contributed by atoms with E-state index in [9.17, 15) is 0 Å². The minimum atomic E-state index is -1.93. The number of ether oxygens (including phenoxy) is 2. The molecule has 0 amide bonds. The topological polar surface area (TPSA) is 18.5 Å². The summed E-state index contributed by atoms with van der Waals surface area (Å²) in [5.41, 5.74) is 3.00. The van der Waals surface area contributed by atoms with E-state index >= 15 is 0 Å². The second-order valence-electron chi connectivity index (χ2n) is 8.20. The molecule has 1 heterocycles. The number of rotatable bonds is 14. The van der Waals surface area contributed by atoms with E-state index in [0.717, 1.165) is 12.4 Å². The Morgan fingerprint density at radius 1 is 0.893 bits per heavy atom. The van der Waals surface area contributed by atoms with Crippen LogP contribution >= 0.6 is 11.3 Å². The van der Waals surface area contributed by atoms with Crippen LogP contribution in [0, 0.1) is 0 Å². The molecule has 4 heteroatoms. The van der Waals surface area contributed by atoms with Crippen LogP contribution in [0.4, 0.5) is 0 Å². The average Bonchev–Trinajstić information content (AvgIpc) is 3.18. The van der Waals surface area contributed by atoms with Gasteiger partial charge in [-0.3, -0.25) is 0 Å². The first kappa shape index (κ1) is 23.5. The van der Waals surface area contributed by atoms with Gasteiger partial charge in [-0.2, -0.15) is 0 Å². The summed E-state index contributed by atoms with van der Waals surface area (Å²) in [6.07, 6.45) is 7.85. The van der Waals surface area contributed by atoms with Crippen LogP contribution in [-0.2, 0) is 17.6 Å². The summed E-state index contributed by atoms with van der Waals surface area (Å²) in [7, 11) is 0. The minimum absolute atomic E-state index is 0.620. The Morgan fingerprint density at radius 2 is 1.68 bits per heavy atom. The predicted molar refractivity (Wildman–Crippen MR) is 126 cm³/mol. The van der Waals surface area contributed by atoms with Crippen LogP contribution in [0.5, 0.6) is 5.75 Å². The van der Waals surface area contributed by atoms with Crippen molar-refractivity contribution >= 4 is 28.3 Å². The number of hydrogen-bond acceptors (Lipinski definition) is 3. The Morgan fingerprint density at radius 3 is 2.39 bits per heavy atom. The molecule has 28 heavy (non-hydrogen) atoms. The molecular formula is C24H38GeO2S. The normalized spacial score (nSPS) is 11.7. The van der Waals surface area contributed by atoms with E-state index in [1.165, 1.54) is 49.3 Å². The van der Waals surface area contributed by atoms with Crippen molar-refractivity contribution < 1.29 is 9.47 Å². The molecular weight excluding hydrogens is 425 g/mol. The molecule has 0 fully saturated rings. The summed E-state index contributed by atoms with van der Waals surface area (Å²) < 4.78 is 12.7. The molecule has 0 saturated heterocycles. The zero-order valence-electron chi connectivity index (χ0n) is 18.3. The van der Waals surface area contributed by atoms with Gasteiger partial charge in [-0.1, -0.05) is 0 Å². The summed E-state index contributed by atoms with van der Waals surface area (Å²) in [5.74, 6) is 6.07. The molecule has 0 aliphatic carbocycles. The van der Waals surface area contributed by atoms with Gasteiger partial charge >= 0.3 is 179 Å². The predicted octanol–water partition coefficient (Wildman–Crippen LogP) is 6.44. The van der Waals surface area contributed by atoms with Crippen molar-refractivity contribution in [1.82, 2.24) is 0 Å². The van der Waals surface area contributed by atoms with E-state index in [1.807, 2.05) is 18.3 Å². The molecule has 0 aliphatic heterocycles. The number of unbranched alkanes of at least 4 members (excludes halogenated alkanes) is 3. The van der Waals surface area contributed by atoms with Crippen LogP contribution in [0.3, 0.4) is 0 Å². The molecule has 2 nitrogen and oxygen atoms in total. The molecule has 2 aromatic rings. The first-order valence-electron chi connectivity index (χ1n) is 10.9. The Labute approximate surface area is 179 Å². The zero-order chi connectivity index (χ0) is 20.2. The van der Waals surface area contributed by atoms with Crippen molar-refractivity contribution in [2.45, 2.75) is 69.1 Å². The van der Waals surface area contributed by atoms with Crippen LogP contribution in [0.2, 0.25) is 16.8 Å². The Balaban J connectivity index is 1.79. The van der Waals surface area contributed by atoms with E-state index in [1.54, 1.807) is 9.27 Å². The molecule has 0 spiro atoms. The summed E-state index contributed by atoms with van der Waals surface area (Å²) in [5, 5.41) is 3.77. The van der Waals surface area contributed by atoms with Gasteiger partial charge in [0.2, 0.25) is 0 Å². The van der Waals surface area contributed by atoms with Crippen molar-refractivity contribution in [3.63, 3.8) is 0 Å². The third-order valence-electron chi connectivity index (χ3n) is 5.30. The van der Waals surface area contributed by atoms with E-state index in [2.05, 4.69) is 54.1 Å². The van der Waals surface area contributed by atoms with Crippen molar-refractivity contribution in [1.29, 1.82) is 0 Å². The maximum atomic E-state index is 5.72. The SMILES string of the molecule is CCCCCCc1cs[c]([Ge]([CH3])([CH3])[CH2]Cc2ccc(OCCOCC)cc2)c1.